The van der Waals surface area contributed by atoms with Crippen molar-refractivity contribution in [3.63, 3.8) is 0 Å². The Hall–Kier alpha value is -2.45. The summed E-state index contributed by atoms with van der Waals surface area (Å²) in [4.78, 5) is 24.6. The molecule has 1 aromatic carbocycles. The van der Waals surface area contributed by atoms with Gasteiger partial charge < -0.3 is 19.1 Å². The van der Waals surface area contributed by atoms with Gasteiger partial charge in [-0.1, -0.05) is 0 Å². The zero-order chi connectivity index (χ0) is 17.6. The summed E-state index contributed by atoms with van der Waals surface area (Å²) in [5.74, 6) is 0.477. The van der Waals surface area contributed by atoms with Crippen molar-refractivity contribution < 1.29 is 23.9 Å². The van der Waals surface area contributed by atoms with Crippen molar-refractivity contribution in [2.24, 2.45) is 0 Å². The van der Waals surface area contributed by atoms with E-state index in [-0.39, 0.29) is 11.6 Å². The maximum absolute atomic E-state index is 12.3. The molecule has 3 aliphatic heterocycles. The standard InChI is InChI=1S/C17H18N2O6/c1-17(16-23-7-8-24-16)10-13(18-6-2-3-15(18)20)12-9-11(19(21)22)4-5-14(12)25-17/h4-5,9-10,16H,2-3,6-8H2,1H3/t17-/m0/s1. The number of ether oxygens (including phenoxy) is 3. The first-order chi connectivity index (χ1) is 12.0. The lowest BCUT2D eigenvalue weighted by Gasteiger charge is -2.38. The monoisotopic (exact) mass is 346 g/mol. The number of carbonyl (C=O) groups excluding carboxylic acids is 1. The number of amides is 1. The fraction of sp³-hybridized carbons (Fsp3) is 0.471. The normalized spacial score (nSPS) is 26.4. The SMILES string of the molecule is C[C@@]1(C2OCCO2)C=C(N2CCCC2=O)c2cc([N+](=O)[O-])ccc2O1. The van der Waals surface area contributed by atoms with Gasteiger partial charge in [-0.25, -0.2) is 0 Å². The summed E-state index contributed by atoms with van der Waals surface area (Å²) in [6.45, 7) is 3.36. The van der Waals surface area contributed by atoms with E-state index in [9.17, 15) is 14.9 Å². The van der Waals surface area contributed by atoms with Gasteiger partial charge in [0.05, 0.1) is 23.8 Å². The van der Waals surface area contributed by atoms with Crippen molar-refractivity contribution in [2.45, 2.75) is 31.7 Å². The van der Waals surface area contributed by atoms with E-state index >= 15 is 0 Å². The first-order valence-electron chi connectivity index (χ1n) is 8.22. The summed E-state index contributed by atoms with van der Waals surface area (Å²) in [6.07, 6.45) is 2.42. The number of carbonyl (C=O) groups is 1. The summed E-state index contributed by atoms with van der Waals surface area (Å²) in [6, 6.07) is 4.40. The van der Waals surface area contributed by atoms with Crippen LogP contribution >= 0.6 is 0 Å². The Morgan fingerprint density at radius 2 is 2.08 bits per heavy atom. The van der Waals surface area contributed by atoms with Crippen molar-refractivity contribution in [2.75, 3.05) is 19.8 Å². The predicted octanol–water partition coefficient (Wildman–Crippen LogP) is 2.08. The van der Waals surface area contributed by atoms with Gasteiger partial charge in [-0.3, -0.25) is 14.9 Å². The summed E-state index contributed by atoms with van der Waals surface area (Å²) >= 11 is 0. The molecule has 3 heterocycles. The van der Waals surface area contributed by atoms with Gasteiger partial charge in [0.15, 0.2) is 5.60 Å². The number of hydrogen-bond acceptors (Lipinski definition) is 6. The Balaban J connectivity index is 1.82. The molecule has 4 rings (SSSR count). The van der Waals surface area contributed by atoms with Crippen molar-refractivity contribution in [1.29, 1.82) is 0 Å². The molecule has 1 amide bonds. The molecule has 0 radical (unpaired) electrons. The van der Waals surface area contributed by atoms with Gasteiger partial charge >= 0.3 is 0 Å². The van der Waals surface area contributed by atoms with E-state index in [0.717, 1.165) is 6.42 Å². The van der Waals surface area contributed by atoms with Gasteiger partial charge in [-0.15, -0.1) is 0 Å². The number of hydrogen-bond donors (Lipinski definition) is 0. The number of nitrogens with zero attached hydrogens (tertiary/aromatic N) is 2. The molecule has 0 saturated carbocycles. The van der Waals surface area contributed by atoms with E-state index in [1.807, 2.05) is 6.92 Å². The highest BCUT2D eigenvalue weighted by molar-refractivity contribution is 5.90. The van der Waals surface area contributed by atoms with Gasteiger partial charge in [0.2, 0.25) is 12.2 Å². The molecule has 8 nitrogen and oxygen atoms in total. The average molecular weight is 346 g/mol. The second-order valence-corrected chi connectivity index (χ2v) is 6.48. The third kappa shape index (κ3) is 2.67. The average Bonchev–Trinajstić information content (AvgIpc) is 3.25. The Morgan fingerprint density at radius 3 is 2.72 bits per heavy atom. The van der Waals surface area contributed by atoms with Crippen LogP contribution in [0.1, 0.15) is 25.3 Å². The van der Waals surface area contributed by atoms with Crippen molar-refractivity contribution in [1.82, 2.24) is 4.90 Å². The van der Waals surface area contributed by atoms with Gasteiger partial charge in [0.1, 0.15) is 5.75 Å². The molecule has 1 atom stereocenters. The van der Waals surface area contributed by atoms with Crippen LogP contribution in [0.3, 0.4) is 0 Å². The summed E-state index contributed by atoms with van der Waals surface area (Å²) in [5, 5.41) is 11.1. The van der Waals surface area contributed by atoms with Gasteiger partial charge in [-0.05, 0) is 25.5 Å². The van der Waals surface area contributed by atoms with Crippen LogP contribution < -0.4 is 4.74 Å². The molecule has 2 saturated heterocycles. The third-order valence-corrected chi connectivity index (χ3v) is 4.66. The highest BCUT2D eigenvalue weighted by Crippen LogP contribution is 2.43. The van der Waals surface area contributed by atoms with Crippen LogP contribution in [0.4, 0.5) is 5.69 Å². The van der Waals surface area contributed by atoms with E-state index in [1.165, 1.54) is 12.1 Å². The van der Waals surface area contributed by atoms with Crippen LogP contribution in [-0.2, 0) is 14.3 Å². The van der Waals surface area contributed by atoms with Gasteiger partial charge in [0, 0.05) is 30.7 Å². The summed E-state index contributed by atoms with van der Waals surface area (Å²) < 4.78 is 17.3. The van der Waals surface area contributed by atoms with E-state index in [4.69, 9.17) is 14.2 Å². The van der Waals surface area contributed by atoms with Crippen LogP contribution in [0.25, 0.3) is 5.70 Å². The quantitative estimate of drug-likeness (QED) is 0.615. The molecule has 0 aliphatic carbocycles. The second kappa shape index (κ2) is 5.82. The first kappa shape index (κ1) is 16.0. The van der Waals surface area contributed by atoms with Crippen LogP contribution in [0.15, 0.2) is 24.3 Å². The molecule has 8 heteroatoms. The van der Waals surface area contributed by atoms with E-state index < -0.39 is 16.8 Å². The maximum atomic E-state index is 12.3. The molecular formula is C17H18N2O6. The van der Waals surface area contributed by atoms with Crippen LogP contribution in [0.2, 0.25) is 0 Å². The van der Waals surface area contributed by atoms with E-state index in [2.05, 4.69) is 0 Å². The molecule has 0 spiro atoms. The maximum Gasteiger partial charge on any atom is 0.270 e. The molecule has 0 unspecified atom stereocenters. The Labute approximate surface area is 144 Å². The molecule has 1 aromatic rings. The van der Waals surface area contributed by atoms with Crippen molar-refractivity contribution in [3.8, 4) is 5.75 Å². The smallest absolute Gasteiger partial charge is 0.270 e. The van der Waals surface area contributed by atoms with Crippen molar-refractivity contribution in [3.05, 3.63) is 40.0 Å². The zero-order valence-corrected chi connectivity index (χ0v) is 13.8. The summed E-state index contributed by atoms with van der Waals surface area (Å²) in [5.41, 5.74) is 0.198. The fourth-order valence-corrected chi connectivity index (χ4v) is 3.47. The zero-order valence-electron chi connectivity index (χ0n) is 13.8. The highest BCUT2D eigenvalue weighted by atomic mass is 16.7. The largest absolute Gasteiger partial charge is 0.477 e. The predicted molar refractivity (Wildman–Crippen MR) is 86.7 cm³/mol. The third-order valence-electron chi connectivity index (χ3n) is 4.66. The number of likely N-dealkylation sites (tertiary alicyclic amines) is 1. The van der Waals surface area contributed by atoms with Gasteiger partial charge in [-0.2, -0.15) is 0 Å². The number of nitro benzene ring substituents is 1. The fourth-order valence-electron chi connectivity index (χ4n) is 3.47. The Morgan fingerprint density at radius 1 is 1.32 bits per heavy atom. The molecule has 25 heavy (non-hydrogen) atoms. The molecular weight excluding hydrogens is 328 g/mol. The highest BCUT2D eigenvalue weighted by Gasteiger charge is 2.44. The Bertz CT molecular complexity index is 770. The molecule has 0 N–H and O–H groups in total. The van der Waals surface area contributed by atoms with Crippen molar-refractivity contribution >= 4 is 17.3 Å². The topological polar surface area (TPSA) is 91.1 Å². The number of nitro groups is 1. The molecule has 3 aliphatic rings. The molecule has 132 valence electrons. The first-order valence-corrected chi connectivity index (χ1v) is 8.22. The lowest BCUT2D eigenvalue weighted by atomic mass is 9.95. The van der Waals surface area contributed by atoms with E-state index in [0.29, 0.717) is 43.2 Å². The number of non-ortho nitro benzene ring substituents is 1. The van der Waals surface area contributed by atoms with Crippen LogP contribution in [-0.4, -0.2) is 47.4 Å². The number of rotatable bonds is 3. The number of benzene rings is 1. The van der Waals surface area contributed by atoms with Gasteiger partial charge in [0.25, 0.3) is 5.69 Å². The lowest BCUT2D eigenvalue weighted by Crippen LogP contribution is -2.46. The minimum atomic E-state index is -0.919. The lowest BCUT2D eigenvalue weighted by molar-refractivity contribution is -0.384. The Kier molecular flexibility index (Phi) is 3.73. The second-order valence-electron chi connectivity index (χ2n) is 6.48. The molecule has 0 bridgehead atoms. The summed E-state index contributed by atoms with van der Waals surface area (Å²) in [7, 11) is 0. The van der Waals surface area contributed by atoms with E-state index in [1.54, 1.807) is 17.0 Å². The number of fused-ring (bicyclic) bond motifs is 1. The molecule has 2 fully saturated rings. The van der Waals surface area contributed by atoms with Crippen LogP contribution in [0, 0.1) is 10.1 Å². The minimum absolute atomic E-state index is 0.00112. The van der Waals surface area contributed by atoms with Crippen LogP contribution in [0.5, 0.6) is 5.75 Å². The minimum Gasteiger partial charge on any atom is -0.477 e. The molecule has 0 aromatic heterocycles.